The first-order chi connectivity index (χ1) is 13.5. The lowest BCUT2D eigenvalue weighted by molar-refractivity contribution is 0.219. The lowest BCUT2D eigenvalue weighted by Gasteiger charge is -2.22. The largest absolute Gasteiger partial charge is 0.473 e. The summed E-state index contributed by atoms with van der Waals surface area (Å²) < 4.78 is 5.84. The molecule has 1 aliphatic carbocycles. The van der Waals surface area contributed by atoms with Crippen LogP contribution >= 0.6 is 0 Å². The van der Waals surface area contributed by atoms with E-state index in [-0.39, 0.29) is 18.8 Å². The number of fused-ring (bicyclic) bond motifs is 1. The highest BCUT2D eigenvalue weighted by Gasteiger charge is 2.16. The van der Waals surface area contributed by atoms with Crippen molar-refractivity contribution in [1.82, 2.24) is 10.6 Å². The zero-order chi connectivity index (χ0) is 20.1. The molecule has 28 heavy (non-hydrogen) atoms. The molecule has 150 valence electrons. The Hall–Kier alpha value is -2.49. The summed E-state index contributed by atoms with van der Waals surface area (Å²) in [6.45, 7) is 8.37. The minimum atomic E-state index is -0.201. The number of carbonyl (C=O) groups excluding carboxylic acids is 1. The van der Waals surface area contributed by atoms with Crippen LogP contribution in [0.2, 0.25) is 0 Å². The minimum Gasteiger partial charge on any atom is -0.473 e. The number of urea groups is 1. The van der Waals surface area contributed by atoms with Gasteiger partial charge in [0.05, 0.1) is 6.04 Å². The van der Waals surface area contributed by atoms with Crippen LogP contribution in [0.3, 0.4) is 0 Å². The third-order valence-corrected chi connectivity index (χ3v) is 5.81. The molecule has 1 atom stereocenters. The van der Waals surface area contributed by atoms with Crippen LogP contribution in [0.1, 0.15) is 65.6 Å². The standard InChI is InChI=1S/C24H32N2O2/c1-5-22(21-13-12-19-8-6-7-9-20(19)14-21)26-24(27)25-15-28-23-17(3)11-10-16(2)18(23)4/h10-14,22H,5-9,15H2,1-4H3,(H2,25,26,27). The van der Waals surface area contributed by atoms with Gasteiger partial charge in [-0.1, -0.05) is 37.3 Å². The van der Waals surface area contributed by atoms with Gasteiger partial charge >= 0.3 is 6.03 Å². The minimum absolute atomic E-state index is 0.00895. The van der Waals surface area contributed by atoms with Crippen molar-refractivity contribution < 1.29 is 9.53 Å². The SMILES string of the molecule is CCC(NC(=O)NCOc1c(C)ccc(C)c1C)c1ccc2c(c1)CCCC2. The van der Waals surface area contributed by atoms with E-state index in [0.717, 1.165) is 29.7 Å². The molecule has 0 aromatic heterocycles. The Labute approximate surface area is 168 Å². The Morgan fingerprint density at radius 2 is 1.75 bits per heavy atom. The number of hydrogen-bond donors (Lipinski definition) is 2. The molecule has 1 aliphatic rings. The maximum absolute atomic E-state index is 12.4. The zero-order valence-electron chi connectivity index (χ0n) is 17.5. The van der Waals surface area contributed by atoms with Crippen LogP contribution in [0.4, 0.5) is 4.79 Å². The highest BCUT2D eigenvalue weighted by atomic mass is 16.5. The van der Waals surface area contributed by atoms with Gasteiger partial charge in [-0.05, 0) is 86.3 Å². The number of ether oxygens (including phenoxy) is 1. The van der Waals surface area contributed by atoms with Gasteiger partial charge in [0.25, 0.3) is 0 Å². The van der Waals surface area contributed by atoms with Crippen LogP contribution in [0, 0.1) is 20.8 Å². The molecular weight excluding hydrogens is 348 g/mol. The van der Waals surface area contributed by atoms with E-state index in [4.69, 9.17) is 4.74 Å². The molecule has 4 heteroatoms. The predicted octanol–water partition coefficient (Wildman–Crippen LogP) is 5.28. The van der Waals surface area contributed by atoms with Crippen LogP contribution in [0.25, 0.3) is 0 Å². The molecule has 0 spiro atoms. The Kier molecular flexibility index (Phi) is 6.61. The topological polar surface area (TPSA) is 50.4 Å². The van der Waals surface area contributed by atoms with E-state index >= 15 is 0 Å². The van der Waals surface area contributed by atoms with E-state index in [2.05, 4.69) is 48.7 Å². The number of aryl methyl sites for hydroxylation is 4. The molecule has 0 heterocycles. The summed E-state index contributed by atoms with van der Waals surface area (Å²) in [4.78, 5) is 12.4. The molecular formula is C24H32N2O2. The molecule has 0 radical (unpaired) electrons. The van der Waals surface area contributed by atoms with Crippen LogP contribution < -0.4 is 15.4 Å². The monoisotopic (exact) mass is 380 g/mol. The van der Waals surface area contributed by atoms with Gasteiger partial charge < -0.3 is 15.4 Å². The molecule has 4 nitrogen and oxygen atoms in total. The van der Waals surface area contributed by atoms with Gasteiger partial charge in [0, 0.05) is 0 Å². The molecule has 0 saturated carbocycles. The van der Waals surface area contributed by atoms with Gasteiger partial charge in [-0.25, -0.2) is 4.79 Å². The summed E-state index contributed by atoms with van der Waals surface area (Å²) in [5.74, 6) is 0.849. The van der Waals surface area contributed by atoms with Gasteiger partial charge in [0.15, 0.2) is 6.73 Å². The smallest absolute Gasteiger partial charge is 0.317 e. The van der Waals surface area contributed by atoms with Gasteiger partial charge in [0.2, 0.25) is 0 Å². The molecule has 2 amide bonds. The molecule has 0 fully saturated rings. The van der Waals surface area contributed by atoms with Gasteiger partial charge in [-0.3, -0.25) is 0 Å². The second kappa shape index (κ2) is 9.13. The van der Waals surface area contributed by atoms with Crippen molar-refractivity contribution >= 4 is 6.03 Å². The third-order valence-electron chi connectivity index (χ3n) is 5.81. The molecule has 2 aromatic carbocycles. The molecule has 0 aliphatic heterocycles. The number of nitrogens with one attached hydrogen (secondary N) is 2. The van der Waals surface area contributed by atoms with Crippen LogP contribution in [0.15, 0.2) is 30.3 Å². The fourth-order valence-electron chi connectivity index (χ4n) is 3.92. The second-order valence-corrected chi connectivity index (χ2v) is 7.79. The number of carbonyl (C=O) groups is 1. The normalized spacial score (nSPS) is 14.1. The van der Waals surface area contributed by atoms with Gasteiger partial charge in [-0.15, -0.1) is 0 Å². The van der Waals surface area contributed by atoms with E-state index in [1.165, 1.54) is 41.5 Å². The summed E-state index contributed by atoms with van der Waals surface area (Å²) in [5.41, 5.74) is 7.46. The van der Waals surface area contributed by atoms with E-state index < -0.39 is 0 Å². The van der Waals surface area contributed by atoms with Gasteiger partial charge in [-0.2, -0.15) is 0 Å². The summed E-state index contributed by atoms with van der Waals surface area (Å²) in [6, 6.07) is 10.6. The van der Waals surface area contributed by atoms with Crippen molar-refractivity contribution in [1.29, 1.82) is 0 Å². The third kappa shape index (κ3) is 4.67. The number of amides is 2. The van der Waals surface area contributed by atoms with Crippen molar-refractivity contribution in [2.24, 2.45) is 0 Å². The Balaban J connectivity index is 1.57. The molecule has 1 unspecified atom stereocenters. The van der Waals surface area contributed by atoms with Crippen molar-refractivity contribution in [3.8, 4) is 5.75 Å². The van der Waals surface area contributed by atoms with Crippen molar-refractivity contribution in [2.75, 3.05) is 6.73 Å². The predicted molar refractivity (Wildman–Crippen MR) is 114 cm³/mol. The fourth-order valence-corrected chi connectivity index (χ4v) is 3.92. The number of rotatable bonds is 6. The lowest BCUT2D eigenvalue weighted by atomic mass is 9.89. The lowest BCUT2D eigenvalue weighted by Crippen LogP contribution is -2.39. The second-order valence-electron chi connectivity index (χ2n) is 7.79. The van der Waals surface area contributed by atoms with E-state index in [1.54, 1.807) is 0 Å². The first-order valence-corrected chi connectivity index (χ1v) is 10.3. The quantitative estimate of drug-likeness (QED) is 0.670. The summed E-state index contributed by atoms with van der Waals surface area (Å²) in [5, 5.41) is 5.92. The van der Waals surface area contributed by atoms with Crippen molar-refractivity contribution in [2.45, 2.75) is 65.8 Å². The summed E-state index contributed by atoms with van der Waals surface area (Å²) in [6.07, 6.45) is 5.72. The number of benzene rings is 2. The van der Waals surface area contributed by atoms with Crippen molar-refractivity contribution in [3.05, 3.63) is 63.7 Å². The highest BCUT2D eigenvalue weighted by Crippen LogP contribution is 2.27. The average molecular weight is 381 g/mol. The van der Waals surface area contributed by atoms with E-state index in [0.29, 0.717) is 0 Å². The molecule has 2 N–H and O–H groups in total. The Morgan fingerprint density at radius 1 is 1.04 bits per heavy atom. The maximum atomic E-state index is 12.4. The molecule has 2 aromatic rings. The maximum Gasteiger partial charge on any atom is 0.317 e. The fraction of sp³-hybridized carbons (Fsp3) is 0.458. The van der Waals surface area contributed by atoms with E-state index in [9.17, 15) is 4.79 Å². The summed E-state index contributed by atoms with van der Waals surface area (Å²) in [7, 11) is 0. The van der Waals surface area contributed by atoms with Gasteiger partial charge in [0.1, 0.15) is 5.75 Å². The molecule has 3 rings (SSSR count). The average Bonchev–Trinajstić information content (AvgIpc) is 2.71. The first-order valence-electron chi connectivity index (χ1n) is 10.3. The molecule has 0 saturated heterocycles. The summed E-state index contributed by atoms with van der Waals surface area (Å²) >= 11 is 0. The highest BCUT2D eigenvalue weighted by molar-refractivity contribution is 5.74. The van der Waals surface area contributed by atoms with Crippen LogP contribution in [-0.4, -0.2) is 12.8 Å². The van der Waals surface area contributed by atoms with Crippen molar-refractivity contribution in [3.63, 3.8) is 0 Å². The first kappa shape index (κ1) is 20.2. The van der Waals surface area contributed by atoms with Crippen LogP contribution in [0.5, 0.6) is 5.75 Å². The molecule has 0 bridgehead atoms. The zero-order valence-corrected chi connectivity index (χ0v) is 17.5. The van der Waals surface area contributed by atoms with Crippen LogP contribution in [-0.2, 0) is 12.8 Å². The van der Waals surface area contributed by atoms with E-state index in [1.807, 2.05) is 19.9 Å². The number of hydrogen-bond acceptors (Lipinski definition) is 2. The Morgan fingerprint density at radius 3 is 2.50 bits per heavy atom. The Bertz CT molecular complexity index is 845.